The van der Waals surface area contributed by atoms with Gasteiger partial charge in [-0.15, -0.1) is 0 Å². The SMILES string of the molecule is CO[C@](C)(C(=O)NCc1ccc(Cl)c(-c2nc(O)nc(-c3ccccc3)n2)c1)C(F)(F)F. The van der Waals surface area contributed by atoms with E-state index >= 15 is 0 Å². The van der Waals surface area contributed by atoms with Gasteiger partial charge >= 0.3 is 12.2 Å². The van der Waals surface area contributed by atoms with Gasteiger partial charge in [-0.05, 0) is 24.6 Å². The Hall–Kier alpha value is -3.24. The van der Waals surface area contributed by atoms with Crippen LogP contribution >= 0.6 is 11.6 Å². The van der Waals surface area contributed by atoms with Crippen molar-refractivity contribution in [3.8, 4) is 28.8 Å². The molecule has 0 aliphatic carbocycles. The number of halogens is 4. The van der Waals surface area contributed by atoms with Gasteiger partial charge in [-0.1, -0.05) is 48.0 Å². The molecule has 0 spiro atoms. The number of ether oxygens (including phenoxy) is 1. The number of methoxy groups -OCH3 is 1. The van der Waals surface area contributed by atoms with Crippen LogP contribution in [-0.4, -0.2) is 44.9 Å². The van der Waals surface area contributed by atoms with Gasteiger partial charge in [0.1, 0.15) is 0 Å². The summed E-state index contributed by atoms with van der Waals surface area (Å²) in [7, 11) is 0.811. The normalized spacial score (nSPS) is 13.4. The first-order valence-corrected chi connectivity index (χ1v) is 9.62. The predicted molar refractivity (Wildman–Crippen MR) is 111 cm³/mol. The fraction of sp³-hybridized carbons (Fsp3) is 0.238. The summed E-state index contributed by atoms with van der Waals surface area (Å²) >= 11 is 6.26. The Kier molecular flexibility index (Phi) is 6.65. The van der Waals surface area contributed by atoms with Gasteiger partial charge in [0.05, 0.1) is 5.02 Å². The van der Waals surface area contributed by atoms with E-state index in [2.05, 4.69) is 25.0 Å². The zero-order chi connectivity index (χ0) is 23.5. The number of hydrogen-bond acceptors (Lipinski definition) is 6. The van der Waals surface area contributed by atoms with Crippen molar-refractivity contribution in [1.82, 2.24) is 20.3 Å². The lowest BCUT2D eigenvalue weighted by Gasteiger charge is -2.29. The third-order valence-electron chi connectivity index (χ3n) is 4.76. The molecule has 1 atom stereocenters. The maximum atomic E-state index is 13.2. The van der Waals surface area contributed by atoms with Gasteiger partial charge in [-0.2, -0.15) is 23.1 Å². The lowest BCUT2D eigenvalue weighted by molar-refractivity contribution is -0.253. The summed E-state index contributed by atoms with van der Waals surface area (Å²) in [5.74, 6) is -1.07. The van der Waals surface area contributed by atoms with Crippen molar-refractivity contribution in [2.75, 3.05) is 7.11 Å². The molecule has 1 amide bonds. The number of aromatic hydroxyl groups is 1. The highest BCUT2D eigenvalue weighted by molar-refractivity contribution is 6.33. The molecule has 168 valence electrons. The van der Waals surface area contributed by atoms with Crippen molar-refractivity contribution in [1.29, 1.82) is 0 Å². The molecule has 1 heterocycles. The number of alkyl halides is 3. The number of nitrogens with one attached hydrogen (secondary N) is 1. The molecular weight excluding hydrogens is 449 g/mol. The topological polar surface area (TPSA) is 97.2 Å². The molecule has 1 aromatic heterocycles. The van der Waals surface area contributed by atoms with Gasteiger partial charge < -0.3 is 15.2 Å². The highest BCUT2D eigenvalue weighted by Crippen LogP contribution is 2.33. The zero-order valence-corrected chi connectivity index (χ0v) is 17.7. The van der Waals surface area contributed by atoms with E-state index in [9.17, 15) is 23.1 Å². The van der Waals surface area contributed by atoms with E-state index < -0.39 is 23.7 Å². The third-order valence-corrected chi connectivity index (χ3v) is 5.09. The largest absolute Gasteiger partial charge is 0.479 e. The first-order valence-electron chi connectivity index (χ1n) is 9.24. The molecule has 0 radical (unpaired) electrons. The van der Waals surface area contributed by atoms with E-state index in [1.54, 1.807) is 24.3 Å². The van der Waals surface area contributed by atoms with Gasteiger partial charge in [0.15, 0.2) is 11.6 Å². The van der Waals surface area contributed by atoms with E-state index in [0.29, 0.717) is 23.6 Å². The van der Waals surface area contributed by atoms with E-state index in [1.807, 2.05) is 6.07 Å². The van der Waals surface area contributed by atoms with Crippen LogP contribution in [0.3, 0.4) is 0 Å². The van der Waals surface area contributed by atoms with Crippen molar-refractivity contribution >= 4 is 17.5 Å². The number of hydrogen-bond donors (Lipinski definition) is 2. The lowest BCUT2D eigenvalue weighted by Crippen LogP contribution is -2.55. The molecule has 3 rings (SSSR count). The highest BCUT2D eigenvalue weighted by atomic mass is 35.5. The molecule has 7 nitrogen and oxygen atoms in total. The standard InChI is InChI=1S/C21H18ClF3N4O3/c1-20(32-2,21(23,24)25)18(30)26-11-12-8-9-15(22)14(10-12)17-27-16(28-19(31)29-17)13-6-4-3-5-7-13/h3-10H,11H2,1-2H3,(H,26,30)(H,27,28,29,31)/t20-/m1/s1. The fourth-order valence-corrected chi connectivity index (χ4v) is 2.95. The summed E-state index contributed by atoms with van der Waals surface area (Å²) in [5.41, 5.74) is -1.62. The van der Waals surface area contributed by atoms with Crippen molar-refractivity contribution in [3.05, 3.63) is 59.1 Å². The average Bonchev–Trinajstić information content (AvgIpc) is 2.77. The Morgan fingerprint density at radius 1 is 1.09 bits per heavy atom. The quantitative estimate of drug-likeness (QED) is 0.566. The maximum absolute atomic E-state index is 13.2. The summed E-state index contributed by atoms with van der Waals surface area (Å²) < 4.78 is 44.0. The van der Waals surface area contributed by atoms with Crippen molar-refractivity contribution in [3.63, 3.8) is 0 Å². The molecule has 2 N–H and O–H groups in total. The number of amides is 1. The molecule has 2 aromatic carbocycles. The third kappa shape index (κ3) is 4.81. The first-order chi connectivity index (χ1) is 15.0. The smallest absolute Gasteiger partial charge is 0.426 e. The van der Waals surface area contributed by atoms with Crippen LogP contribution in [-0.2, 0) is 16.1 Å². The molecule has 32 heavy (non-hydrogen) atoms. The van der Waals surface area contributed by atoms with Crippen molar-refractivity contribution < 1.29 is 27.8 Å². The fourth-order valence-electron chi connectivity index (χ4n) is 2.74. The zero-order valence-electron chi connectivity index (χ0n) is 16.9. The molecule has 0 aliphatic heterocycles. The van der Waals surface area contributed by atoms with Gasteiger partial charge in [-0.3, -0.25) is 4.79 Å². The second kappa shape index (κ2) is 9.09. The van der Waals surface area contributed by atoms with Crippen LogP contribution in [0.15, 0.2) is 48.5 Å². The second-order valence-electron chi connectivity index (χ2n) is 6.88. The molecule has 3 aromatic rings. The minimum Gasteiger partial charge on any atom is -0.479 e. The highest BCUT2D eigenvalue weighted by Gasteiger charge is 2.57. The molecule has 0 saturated heterocycles. The molecule has 0 unspecified atom stereocenters. The summed E-state index contributed by atoms with van der Waals surface area (Å²) in [6.07, 6.45) is -4.90. The first kappa shape index (κ1) is 23.4. The van der Waals surface area contributed by atoms with Gasteiger partial charge in [0.2, 0.25) is 5.60 Å². The van der Waals surface area contributed by atoms with Gasteiger partial charge in [0.25, 0.3) is 5.91 Å². The van der Waals surface area contributed by atoms with Gasteiger partial charge in [-0.25, -0.2) is 4.98 Å². The van der Waals surface area contributed by atoms with Crippen LogP contribution in [0, 0.1) is 0 Å². The second-order valence-corrected chi connectivity index (χ2v) is 7.29. The Morgan fingerprint density at radius 3 is 2.38 bits per heavy atom. The van der Waals surface area contributed by atoms with Crippen LogP contribution < -0.4 is 5.32 Å². The number of benzene rings is 2. The van der Waals surface area contributed by atoms with E-state index in [4.69, 9.17) is 11.6 Å². The van der Waals surface area contributed by atoms with E-state index in [0.717, 1.165) is 7.11 Å². The minimum absolute atomic E-state index is 0.0616. The molecule has 0 aliphatic rings. The summed E-state index contributed by atoms with van der Waals surface area (Å²) in [4.78, 5) is 24.3. The van der Waals surface area contributed by atoms with Crippen LogP contribution in [0.2, 0.25) is 5.02 Å². The van der Waals surface area contributed by atoms with E-state index in [1.165, 1.54) is 18.2 Å². The Balaban J connectivity index is 1.89. The number of carbonyl (C=O) groups is 1. The van der Waals surface area contributed by atoms with Gasteiger partial charge in [0, 0.05) is 24.8 Å². The van der Waals surface area contributed by atoms with Crippen LogP contribution in [0.25, 0.3) is 22.8 Å². The monoisotopic (exact) mass is 466 g/mol. The van der Waals surface area contributed by atoms with Crippen LogP contribution in [0.5, 0.6) is 6.01 Å². The van der Waals surface area contributed by atoms with Crippen LogP contribution in [0.1, 0.15) is 12.5 Å². The number of nitrogens with zero attached hydrogens (tertiary/aromatic N) is 3. The summed E-state index contributed by atoms with van der Waals surface area (Å²) in [5, 5.41) is 12.4. The predicted octanol–water partition coefficient (Wildman–Crippen LogP) is 4.15. The Bertz CT molecular complexity index is 1130. The number of aromatic nitrogens is 3. The number of carbonyl (C=O) groups excluding carboxylic acids is 1. The summed E-state index contributed by atoms with van der Waals surface area (Å²) in [6, 6.07) is 12.9. The Labute approximate surface area is 186 Å². The molecule has 0 saturated carbocycles. The molecule has 11 heteroatoms. The minimum atomic E-state index is -4.90. The van der Waals surface area contributed by atoms with E-state index in [-0.39, 0.29) is 23.2 Å². The molecular formula is C21H18ClF3N4O3. The maximum Gasteiger partial charge on any atom is 0.426 e. The Morgan fingerprint density at radius 2 is 1.75 bits per heavy atom. The lowest BCUT2D eigenvalue weighted by atomic mass is 10.0. The molecule has 0 bridgehead atoms. The van der Waals surface area contributed by atoms with Crippen LogP contribution in [0.4, 0.5) is 13.2 Å². The van der Waals surface area contributed by atoms with Crippen molar-refractivity contribution in [2.24, 2.45) is 0 Å². The molecule has 0 fully saturated rings. The number of rotatable bonds is 6. The average molecular weight is 467 g/mol. The summed E-state index contributed by atoms with van der Waals surface area (Å²) in [6.45, 7) is 0.412. The van der Waals surface area contributed by atoms with Crippen molar-refractivity contribution in [2.45, 2.75) is 25.2 Å².